The van der Waals surface area contributed by atoms with Crippen molar-refractivity contribution in [2.24, 2.45) is 0 Å². The summed E-state index contributed by atoms with van der Waals surface area (Å²) in [6.45, 7) is 1.47. The van der Waals surface area contributed by atoms with Gasteiger partial charge in [0.2, 0.25) is 5.75 Å². The van der Waals surface area contributed by atoms with Crippen molar-refractivity contribution in [2.45, 2.75) is 36.6 Å². The monoisotopic (exact) mass is 318 g/mol. The number of ether oxygens (including phenoxy) is 2. The first kappa shape index (κ1) is 16.2. The van der Waals surface area contributed by atoms with Gasteiger partial charge in [0.05, 0.1) is 19.9 Å². The Balaban J connectivity index is 2.44. The topological polar surface area (TPSA) is 114 Å². The van der Waals surface area contributed by atoms with Crippen molar-refractivity contribution in [1.82, 2.24) is 9.55 Å². The number of methoxy groups -OCH3 is 1. The molecule has 0 radical (unpaired) electrons. The third-order valence-corrected chi connectivity index (χ3v) is 4.02. The second-order valence-electron chi connectivity index (χ2n) is 4.47. The fraction of sp³-hybridized carbons (Fsp3) is 0.667. The molecule has 0 aromatic carbocycles. The zero-order chi connectivity index (χ0) is 15.6. The predicted octanol–water partition coefficient (Wildman–Crippen LogP) is -1.02. The Bertz CT molecular complexity index is 551. The van der Waals surface area contributed by atoms with E-state index < -0.39 is 36.7 Å². The maximum atomic E-state index is 11.7. The van der Waals surface area contributed by atoms with E-state index in [4.69, 9.17) is 14.6 Å². The minimum absolute atomic E-state index is 0.00758. The Kier molecular flexibility index (Phi) is 5.22. The van der Waals surface area contributed by atoms with Crippen LogP contribution < -0.4 is 10.3 Å². The number of aliphatic hydroxyl groups is 3. The van der Waals surface area contributed by atoms with Crippen molar-refractivity contribution in [3.05, 3.63) is 16.6 Å². The van der Waals surface area contributed by atoms with Gasteiger partial charge in [-0.05, 0) is 5.75 Å². The molecule has 0 unspecified atom stereocenters. The summed E-state index contributed by atoms with van der Waals surface area (Å²) in [6.07, 6.45) is -2.92. The van der Waals surface area contributed by atoms with E-state index in [1.54, 1.807) is 0 Å². The molecular formula is C12H18N2O6S. The molecule has 21 heavy (non-hydrogen) atoms. The molecule has 9 heteroatoms. The third kappa shape index (κ3) is 3.06. The van der Waals surface area contributed by atoms with E-state index in [1.165, 1.54) is 29.6 Å². The smallest absolute Gasteiger partial charge is 0.315 e. The standard InChI is InChI=1S/C12H18N2O6S/c1-3-21-12-13-10(18)6(19-2)4-14(12)11-9(17)8(16)7(5-15)20-11/h4,7-9,11,15-17H,3,5H2,1-2H3/t7-,8-,9-,11-/m0/s1. The van der Waals surface area contributed by atoms with Gasteiger partial charge in [-0.1, -0.05) is 18.7 Å². The van der Waals surface area contributed by atoms with Crippen molar-refractivity contribution in [3.63, 3.8) is 0 Å². The molecule has 4 atom stereocenters. The van der Waals surface area contributed by atoms with Crippen LogP contribution in [0.2, 0.25) is 0 Å². The van der Waals surface area contributed by atoms with Crippen LogP contribution in [0.25, 0.3) is 0 Å². The van der Waals surface area contributed by atoms with Gasteiger partial charge in [0, 0.05) is 0 Å². The summed E-state index contributed by atoms with van der Waals surface area (Å²) >= 11 is 1.30. The molecule has 0 amide bonds. The summed E-state index contributed by atoms with van der Waals surface area (Å²) in [5.41, 5.74) is -0.517. The van der Waals surface area contributed by atoms with Crippen LogP contribution in [0.5, 0.6) is 5.75 Å². The fourth-order valence-electron chi connectivity index (χ4n) is 2.10. The van der Waals surface area contributed by atoms with E-state index in [9.17, 15) is 15.0 Å². The van der Waals surface area contributed by atoms with Crippen LogP contribution in [0, 0.1) is 0 Å². The normalized spacial score (nSPS) is 28.8. The van der Waals surface area contributed by atoms with E-state index in [0.29, 0.717) is 10.9 Å². The van der Waals surface area contributed by atoms with E-state index in [-0.39, 0.29) is 5.75 Å². The van der Waals surface area contributed by atoms with Gasteiger partial charge < -0.3 is 24.8 Å². The minimum atomic E-state index is -1.24. The Morgan fingerprint density at radius 3 is 2.71 bits per heavy atom. The average Bonchev–Trinajstić information content (AvgIpc) is 2.76. The zero-order valence-corrected chi connectivity index (χ0v) is 12.5. The summed E-state index contributed by atoms with van der Waals surface area (Å²) in [5.74, 6) is 0.668. The van der Waals surface area contributed by atoms with Gasteiger partial charge >= 0.3 is 5.56 Å². The highest BCUT2D eigenvalue weighted by atomic mass is 32.2. The Hall–Kier alpha value is -1.13. The lowest BCUT2D eigenvalue weighted by Crippen LogP contribution is -2.33. The second kappa shape index (κ2) is 6.75. The molecule has 1 aromatic heterocycles. The van der Waals surface area contributed by atoms with Crippen LogP contribution in [0.3, 0.4) is 0 Å². The summed E-state index contributed by atoms with van der Waals surface area (Å²) in [7, 11) is 1.34. The van der Waals surface area contributed by atoms with E-state index in [2.05, 4.69) is 4.98 Å². The molecule has 1 saturated heterocycles. The largest absolute Gasteiger partial charge is 0.490 e. The molecule has 118 valence electrons. The molecular weight excluding hydrogens is 300 g/mol. The molecule has 1 fully saturated rings. The van der Waals surface area contributed by atoms with Crippen LogP contribution in [-0.4, -0.2) is 62.7 Å². The van der Waals surface area contributed by atoms with E-state index in [0.717, 1.165) is 0 Å². The van der Waals surface area contributed by atoms with Gasteiger partial charge in [-0.3, -0.25) is 9.36 Å². The first-order chi connectivity index (χ1) is 10.0. The lowest BCUT2D eigenvalue weighted by molar-refractivity contribution is -0.0579. The number of aliphatic hydroxyl groups excluding tert-OH is 3. The van der Waals surface area contributed by atoms with Crippen LogP contribution in [-0.2, 0) is 4.74 Å². The third-order valence-electron chi connectivity index (χ3n) is 3.17. The lowest BCUT2D eigenvalue weighted by Gasteiger charge is -2.21. The summed E-state index contributed by atoms with van der Waals surface area (Å²) in [4.78, 5) is 15.6. The second-order valence-corrected chi connectivity index (χ2v) is 5.70. The summed E-state index contributed by atoms with van der Waals surface area (Å²) in [5, 5.41) is 29.4. The van der Waals surface area contributed by atoms with Crippen molar-refractivity contribution in [2.75, 3.05) is 19.5 Å². The number of hydrogen-bond acceptors (Lipinski definition) is 8. The molecule has 0 saturated carbocycles. The number of hydrogen-bond donors (Lipinski definition) is 3. The first-order valence-corrected chi connectivity index (χ1v) is 7.44. The fourth-order valence-corrected chi connectivity index (χ4v) is 2.82. The van der Waals surface area contributed by atoms with Crippen LogP contribution >= 0.6 is 11.8 Å². The van der Waals surface area contributed by atoms with Crippen molar-refractivity contribution in [3.8, 4) is 5.75 Å². The van der Waals surface area contributed by atoms with Crippen molar-refractivity contribution in [1.29, 1.82) is 0 Å². The van der Waals surface area contributed by atoms with E-state index in [1.807, 2.05) is 6.92 Å². The zero-order valence-electron chi connectivity index (χ0n) is 11.7. The van der Waals surface area contributed by atoms with Gasteiger partial charge in [-0.25, -0.2) is 0 Å². The van der Waals surface area contributed by atoms with Crippen LogP contribution in [0.1, 0.15) is 13.2 Å². The predicted molar refractivity (Wildman–Crippen MR) is 74.5 cm³/mol. The van der Waals surface area contributed by atoms with Crippen LogP contribution in [0.15, 0.2) is 16.1 Å². The number of thioether (sulfide) groups is 1. The molecule has 2 rings (SSSR count). The summed E-state index contributed by atoms with van der Waals surface area (Å²) in [6, 6.07) is 0. The van der Waals surface area contributed by atoms with Crippen LogP contribution in [0.4, 0.5) is 0 Å². The highest BCUT2D eigenvalue weighted by molar-refractivity contribution is 7.99. The highest BCUT2D eigenvalue weighted by Crippen LogP contribution is 2.32. The SMILES string of the molecule is CCSc1nc(=O)c(OC)cn1[C@H]1O[C@@H](CO)[C@H](O)[C@@H]1O. The quantitative estimate of drug-likeness (QED) is 0.467. The van der Waals surface area contributed by atoms with Crippen molar-refractivity contribution >= 4 is 11.8 Å². The molecule has 3 N–H and O–H groups in total. The van der Waals surface area contributed by atoms with Gasteiger partial charge in [0.1, 0.15) is 18.3 Å². The van der Waals surface area contributed by atoms with E-state index >= 15 is 0 Å². The number of aromatic nitrogens is 2. The Morgan fingerprint density at radius 1 is 1.48 bits per heavy atom. The highest BCUT2D eigenvalue weighted by Gasteiger charge is 2.44. The molecule has 0 spiro atoms. The van der Waals surface area contributed by atoms with Gasteiger partial charge in [0.25, 0.3) is 0 Å². The number of nitrogens with zero attached hydrogens (tertiary/aromatic N) is 2. The molecule has 8 nitrogen and oxygen atoms in total. The molecule has 0 aliphatic carbocycles. The molecule has 1 aliphatic heterocycles. The average molecular weight is 318 g/mol. The molecule has 0 bridgehead atoms. The Morgan fingerprint density at radius 2 is 2.19 bits per heavy atom. The molecule has 2 heterocycles. The molecule has 1 aliphatic rings. The minimum Gasteiger partial charge on any atom is -0.490 e. The van der Waals surface area contributed by atoms with Gasteiger partial charge in [0.15, 0.2) is 11.4 Å². The first-order valence-electron chi connectivity index (χ1n) is 6.45. The van der Waals surface area contributed by atoms with Gasteiger partial charge in [-0.15, -0.1) is 0 Å². The Labute approximate surface area is 125 Å². The lowest BCUT2D eigenvalue weighted by atomic mass is 10.1. The summed E-state index contributed by atoms with van der Waals surface area (Å²) < 4.78 is 11.8. The van der Waals surface area contributed by atoms with Gasteiger partial charge in [-0.2, -0.15) is 4.98 Å². The maximum Gasteiger partial charge on any atom is 0.315 e. The molecule has 1 aromatic rings. The number of rotatable bonds is 5. The maximum absolute atomic E-state index is 11.7. The van der Waals surface area contributed by atoms with Crippen molar-refractivity contribution < 1.29 is 24.8 Å².